The molecule has 0 heterocycles. The minimum atomic E-state index is -4.35. The second-order valence-electron chi connectivity index (χ2n) is 8.13. The molecule has 0 aliphatic carbocycles. The van der Waals surface area contributed by atoms with Crippen molar-refractivity contribution in [1.82, 2.24) is 0 Å². The number of ketones is 1. The van der Waals surface area contributed by atoms with Gasteiger partial charge in [-0.3, -0.25) is 4.79 Å². The summed E-state index contributed by atoms with van der Waals surface area (Å²) in [5, 5.41) is 0. The van der Waals surface area contributed by atoms with Crippen molar-refractivity contribution in [2.75, 3.05) is 0 Å². The van der Waals surface area contributed by atoms with E-state index in [9.17, 15) is 26.7 Å². The van der Waals surface area contributed by atoms with Crippen LogP contribution in [0.15, 0.2) is 48.1 Å². The average Bonchev–Trinajstić information content (AvgIpc) is 2.71. The van der Waals surface area contributed by atoms with E-state index in [2.05, 4.69) is 20.4 Å². The van der Waals surface area contributed by atoms with Crippen LogP contribution in [0.5, 0.6) is 0 Å². The van der Waals surface area contributed by atoms with E-state index < -0.39 is 23.4 Å². The zero-order chi connectivity index (χ0) is 25.8. The van der Waals surface area contributed by atoms with E-state index in [0.29, 0.717) is 23.5 Å². The van der Waals surface area contributed by atoms with E-state index >= 15 is 0 Å². The number of hydrogen-bond acceptors (Lipinski definition) is 2. The second kappa shape index (κ2) is 14.8. The second-order valence-corrected chi connectivity index (χ2v) is 8.13. The molecule has 0 bridgehead atoms. The highest BCUT2D eigenvalue weighted by molar-refractivity contribution is 5.96. The van der Waals surface area contributed by atoms with Crippen LogP contribution in [0.25, 0.3) is 0 Å². The van der Waals surface area contributed by atoms with Gasteiger partial charge in [-0.1, -0.05) is 57.6 Å². The number of alkyl halides is 3. The molecule has 0 spiro atoms. The van der Waals surface area contributed by atoms with Gasteiger partial charge in [0.25, 0.3) is 0 Å². The van der Waals surface area contributed by atoms with Gasteiger partial charge in [-0.2, -0.15) is 13.2 Å². The van der Waals surface area contributed by atoms with Crippen molar-refractivity contribution in [3.63, 3.8) is 0 Å². The molecule has 0 fully saturated rings. The van der Waals surface area contributed by atoms with Crippen molar-refractivity contribution in [2.24, 2.45) is 11.7 Å². The summed E-state index contributed by atoms with van der Waals surface area (Å²) in [5.74, 6) is -0.871. The van der Waals surface area contributed by atoms with Gasteiger partial charge in [0.05, 0.1) is 0 Å². The largest absolute Gasteiger partial charge is 0.412 e. The van der Waals surface area contributed by atoms with Gasteiger partial charge in [-0.05, 0) is 57.1 Å². The van der Waals surface area contributed by atoms with E-state index in [4.69, 9.17) is 5.73 Å². The highest BCUT2D eigenvalue weighted by Crippen LogP contribution is 2.25. The maximum absolute atomic E-state index is 13.7. The standard InChI is InChI=1S/C16H25F2N.C10H11F3O/c1-4-6-12(7-5-2)16(19)9-13-8-11(3)14(17)10-15(13)18;1-4-9(8(3)14)6-5-7(2)10(11,12)13/h8,10,12,16H,4-7,9,19H2,1-3H3;4-6H,1H2,2-3H3/b;7-5+,9-6+. The van der Waals surface area contributed by atoms with Crippen molar-refractivity contribution >= 4 is 5.78 Å². The third-order valence-electron chi connectivity index (χ3n) is 5.29. The van der Waals surface area contributed by atoms with Crippen molar-refractivity contribution in [3.05, 3.63) is 70.8 Å². The van der Waals surface area contributed by atoms with Crippen LogP contribution in [0.4, 0.5) is 22.0 Å². The predicted molar refractivity (Wildman–Crippen MR) is 125 cm³/mol. The lowest BCUT2D eigenvalue weighted by molar-refractivity contribution is -0.113. The van der Waals surface area contributed by atoms with Crippen LogP contribution >= 0.6 is 0 Å². The number of halogens is 5. The molecular weight excluding hydrogens is 437 g/mol. The van der Waals surface area contributed by atoms with E-state index in [1.165, 1.54) is 13.0 Å². The topological polar surface area (TPSA) is 43.1 Å². The molecule has 186 valence electrons. The fraction of sp³-hybridized carbons (Fsp3) is 0.500. The van der Waals surface area contributed by atoms with Gasteiger partial charge in [0, 0.05) is 23.3 Å². The van der Waals surface area contributed by atoms with Crippen LogP contribution in [0, 0.1) is 24.5 Å². The van der Waals surface area contributed by atoms with Crippen molar-refractivity contribution in [2.45, 2.75) is 78.9 Å². The third-order valence-corrected chi connectivity index (χ3v) is 5.29. The molecule has 1 aromatic rings. The van der Waals surface area contributed by atoms with Gasteiger partial charge >= 0.3 is 6.18 Å². The summed E-state index contributed by atoms with van der Waals surface area (Å²) in [7, 11) is 0. The number of allylic oxidation sites excluding steroid dienone is 5. The summed E-state index contributed by atoms with van der Waals surface area (Å²) in [6.07, 6.45) is 3.64. The van der Waals surface area contributed by atoms with Gasteiger partial charge in [0.1, 0.15) is 11.6 Å². The van der Waals surface area contributed by atoms with E-state index in [-0.39, 0.29) is 17.4 Å². The molecule has 1 aromatic carbocycles. The molecule has 0 saturated carbocycles. The Morgan fingerprint density at radius 3 is 2.03 bits per heavy atom. The molecule has 0 radical (unpaired) electrons. The minimum absolute atomic E-state index is 0.0562. The number of Topliss-reactive ketones (excluding diaryl/α,β-unsaturated/α-hetero) is 1. The summed E-state index contributed by atoms with van der Waals surface area (Å²) in [4.78, 5) is 10.8. The van der Waals surface area contributed by atoms with Gasteiger partial charge in [0.2, 0.25) is 0 Å². The van der Waals surface area contributed by atoms with Gasteiger partial charge < -0.3 is 5.73 Å². The highest BCUT2D eigenvalue weighted by atomic mass is 19.4. The lowest BCUT2D eigenvalue weighted by atomic mass is 9.87. The molecule has 0 aromatic heterocycles. The lowest BCUT2D eigenvalue weighted by Crippen LogP contribution is -2.32. The maximum Gasteiger partial charge on any atom is 0.412 e. The van der Waals surface area contributed by atoms with Crippen LogP contribution in [0.2, 0.25) is 0 Å². The molecule has 1 rings (SSSR count). The fourth-order valence-electron chi connectivity index (χ4n) is 3.25. The average molecular weight is 474 g/mol. The van der Waals surface area contributed by atoms with Crippen LogP contribution in [-0.2, 0) is 11.2 Å². The normalized spacial score (nSPS) is 13.5. The number of rotatable bonds is 10. The maximum atomic E-state index is 13.7. The molecular formula is C26H36F5NO. The quantitative estimate of drug-likeness (QED) is 0.216. The van der Waals surface area contributed by atoms with Crippen LogP contribution < -0.4 is 5.73 Å². The van der Waals surface area contributed by atoms with Crippen molar-refractivity contribution in [1.29, 1.82) is 0 Å². The fourth-order valence-corrected chi connectivity index (χ4v) is 3.25. The van der Waals surface area contributed by atoms with E-state index in [0.717, 1.165) is 50.8 Å². The smallest absolute Gasteiger partial charge is 0.327 e. The number of benzene rings is 1. The lowest BCUT2D eigenvalue weighted by Gasteiger charge is -2.23. The molecule has 2 nitrogen and oxygen atoms in total. The summed E-state index contributed by atoms with van der Waals surface area (Å²) in [6.45, 7) is 11.5. The Hall–Kier alpha value is -2.28. The molecule has 0 saturated heterocycles. The number of carbonyl (C=O) groups is 1. The van der Waals surface area contributed by atoms with Crippen molar-refractivity contribution in [3.8, 4) is 0 Å². The van der Waals surface area contributed by atoms with E-state index in [1.807, 2.05) is 0 Å². The molecule has 1 unspecified atom stereocenters. The molecule has 0 amide bonds. The zero-order valence-corrected chi connectivity index (χ0v) is 20.2. The Bertz CT molecular complexity index is 834. The first-order chi connectivity index (χ1) is 15.3. The van der Waals surface area contributed by atoms with Gasteiger partial charge in [-0.15, -0.1) is 0 Å². The molecule has 1 atom stereocenters. The van der Waals surface area contributed by atoms with Gasteiger partial charge in [-0.25, -0.2) is 8.78 Å². The third kappa shape index (κ3) is 11.4. The zero-order valence-electron chi connectivity index (χ0n) is 20.2. The predicted octanol–water partition coefficient (Wildman–Crippen LogP) is 7.56. The molecule has 33 heavy (non-hydrogen) atoms. The molecule has 0 aliphatic heterocycles. The van der Waals surface area contributed by atoms with Crippen LogP contribution in [-0.4, -0.2) is 18.0 Å². The number of nitrogens with two attached hydrogens (primary N) is 1. The molecule has 2 N–H and O–H groups in total. The number of hydrogen-bond donors (Lipinski definition) is 1. The van der Waals surface area contributed by atoms with Gasteiger partial charge in [0.15, 0.2) is 5.78 Å². The minimum Gasteiger partial charge on any atom is -0.327 e. The Kier molecular flexibility index (Phi) is 13.8. The number of carbonyl (C=O) groups excluding carboxylic acids is 1. The van der Waals surface area contributed by atoms with Crippen molar-refractivity contribution < 1.29 is 26.7 Å². The Balaban J connectivity index is 0.000000653. The first kappa shape index (κ1) is 30.7. The Morgan fingerprint density at radius 1 is 1.06 bits per heavy atom. The number of aryl methyl sites for hydroxylation is 1. The summed E-state index contributed by atoms with van der Waals surface area (Å²) in [6, 6.07) is 2.49. The van der Waals surface area contributed by atoms with Crippen LogP contribution in [0.1, 0.15) is 64.5 Å². The summed E-state index contributed by atoms with van der Waals surface area (Å²) >= 11 is 0. The monoisotopic (exact) mass is 473 g/mol. The molecule has 0 aliphatic rings. The molecule has 7 heteroatoms. The van der Waals surface area contributed by atoms with E-state index in [1.54, 1.807) is 13.0 Å². The van der Waals surface area contributed by atoms with Crippen LogP contribution in [0.3, 0.4) is 0 Å². The SMILES string of the molecule is C=C/C(=C\C=C(/C)C(F)(F)F)C(C)=O.CCCC(CCC)C(N)Cc1cc(C)c(F)cc1F. The summed E-state index contributed by atoms with van der Waals surface area (Å²) in [5.41, 5.74) is 6.64. The Labute approximate surface area is 194 Å². The highest BCUT2D eigenvalue weighted by Gasteiger charge is 2.29. The Morgan fingerprint density at radius 2 is 1.61 bits per heavy atom. The first-order valence-electron chi connectivity index (χ1n) is 11.1. The first-order valence-corrected chi connectivity index (χ1v) is 11.1. The summed E-state index contributed by atoms with van der Waals surface area (Å²) < 4.78 is 62.9.